The van der Waals surface area contributed by atoms with Gasteiger partial charge in [-0.05, 0) is 35.2 Å². The van der Waals surface area contributed by atoms with Gasteiger partial charge in [0.05, 0.1) is 19.8 Å². The van der Waals surface area contributed by atoms with E-state index in [-0.39, 0.29) is 11.5 Å². The first-order chi connectivity index (χ1) is 11.6. The minimum Gasteiger partial charge on any atom is -0.504 e. The SMILES string of the molecule is COc1cc2c(cc1O)-c1cc3cc(OC)c(O)cc3c[n+]1CC2. The lowest BCUT2D eigenvalue weighted by atomic mass is 9.95. The van der Waals surface area contributed by atoms with Gasteiger partial charge in [-0.15, -0.1) is 0 Å². The van der Waals surface area contributed by atoms with Crippen molar-refractivity contribution in [1.29, 1.82) is 0 Å². The van der Waals surface area contributed by atoms with Crippen LogP contribution >= 0.6 is 0 Å². The van der Waals surface area contributed by atoms with Crippen LogP contribution in [0.1, 0.15) is 5.56 Å². The molecule has 5 nitrogen and oxygen atoms in total. The number of phenols is 2. The number of methoxy groups -OCH3 is 2. The van der Waals surface area contributed by atoms with Crippen molar-refractivity contribution in [1.82, 2.24) is 0 Å². The lowest BCUT2D eigenvalue weighted by molar-refractivity contribution is -0.686. The van der Waals surface area contributed by atoms with E-state index >= 15 is 0 Å². The summed E-state index contributed by atoms with van der Waals surface area (Å²) in [5.74, 6) is 1.20. The zero-order valence-electron chi connectivity index (χ0n) is 13.5. The summed E-state index contributed by atoms with van der Waals surface area (Å²) in [5, 5.41) is 22.0. The molecule has 1 aliphatic heterocycles. The Kier molecular flexibility index (Phi) is 3.23. The second kappa shape index (κ2) is 5.30. The quantitative estimate of drug-likeness (QED) is 0.712. The van der Waals surface area contributed by atoms with Crippen LogP contribution in [0.5, 0.6) is 23.0 Å². The maximum atomic E-state index is 10.1. The van der Waals surface area contributed by atoms with E-state index in [1.54, 1.807) is 19.2 Å². The van der Waals surface area contributed by atoms with Crippen LogP contribution in [0.15, 0.2) is 36.5 Å². The highest BCUT2D eigenvalue weighted by atomic mass is 16.5. The van der Waals surface area contributed by atoms with Gasteiger partial charge in [-0.25, -0.2) is 0 Å². The number of aromatic hydroxyl groups is 2. The molecule has 0 saturated carbocycles. The molecule has 4 rings (SSSR count). The van der Waals surface area contributed by atoms with Gasteiger partial charge in [-0.3, -0.25) is 0 Å². The lowest BCUT2D eigenvalue weighted by Crippen LogP contribution is -2.39. The lowest BCUT2D eigenvalue weighted by Gasteiger charge is -2.17. The molecule has 3 aromatic rings. The fourth-order valence-electron chi connectivity index (χ4n) is 3.35. The van der Waals surface area contributed by atoms with Crippen molar-refractivity contribution >= 4 is 10.8 Å². The number of benzene rings is 2. The Morgan fingerprint density at radius 2 is 1.58 bits per heavy atom. The van der Waals surface area contributed by atoms with Crippen LogP contribution in [0.3, 0.4) is 0 Å². The second-order valence-electron chi connectivity index (χ2n) is 5.94. The topological polar surface area (TPSA) is 62.8 Å². The third kappa shape index (κ3) is 2.12. The fourth-order valence-corrected chi connectivity index (χ4v) is 3.35. The van der Waals surface area contributed by atoms with Crippen LogP contribution in [0.2, 0.25) is 0 Å². The van der Waals surface area contributed by atoms with Gasteiger partial charge in [-0.2, -0.15) is 4.57 Å². The molecule has 0 fully saturated rings. The van der Waals surface area contributed by atoms with Gasteiger partial charge in [0.15, 0.2) is 35.7 Å². The number of nitrogens with zero attached hydrogens (tertiary/aromatic N) is 1. The van der Waals surface area contributed by atoms with Gasteiger partial charge in [-0.1, -0.05) is 0 Å². The summed E-state index contributed by atoms with van der Waals surface area (Å²) in [6.45, 7) is 0.832. The number of phenolic OH excluding ortho intramolecular Hbond substituents is 2. The molecule has 122 valence electrons. The third-order valence-electron chi connectivity index (χ3n) is 4.58. The van der Waals surface area contributed by atoms with Gasteiger partial charge in [0.25, 0.3) is 0 Å². The second-order valence-corrected chi connectivity index (χ2v) is 5.94. The summed E-state index contributed by atoms with van der Waals surface area (Å²) in [5.41, 5.74) is 3.16. The van der Waals surface area contributed by atoms with Crippen LogP contribution in [-0.2, 0) is 13.0 Å². The van der Waals surface area contributed by atoms with E-state index in [2.05, 4.69) is 10.6 Å². The normalized spacial score (nSPS) is 12.6. The smallest absolute Gasteiger partial charge is 0.213 e. The molecular weight excluding hydrogens is 306 g/mol. The molecule has 2 heterocycles. The van der Waals surface area contributed by atoms with Crippen LogP contribution in [0.4, 0.5) is 0 Å². The molecule has 0 amide bonds. The average Bonchev–Trinajstić information content (AvgIpc) is 2.59. The summed E-state index contributed by atoms with van der Waals surface area (Å²) < 4.78 is 12.6. The highest BCUT2D eigenvalue weighted by molar-refractivity contribution is 5.87. The maximum absolute atomic E-state index is 10.1. The Hall–Kier alpha value is -2.95. The highest BCUT2D eigenvalue weighted by Gasteiger charge is 2.25. The molecule has 0 aliphatic carbocycles. The van der Waals surface area contributed by atoms with Gasteiger partial charge in [0.1, 0.15) is 0 Å². The molecule has 0 saturated heterocycles. The van der Waals surface area contributed by atoms with E-state index in [0.29, 0.717) is 11.5 Å². The fraction of sp³-hybridized carbons (Fsp3) is 0.211. The Balaban J connectivity index is 1.96. The Bertz CT molecular complexity index is 965. The number of hydrogen-bond acceptors (Lipinski definition) is 4. The summed E-state index contributed by atoms with van der Waals surface area (Å²) >= 11 is 0. The molecule has 2 N–H and O–H groups in total. The van der Waals surface area contributed by atoms with Crippen molar-refractivity contribution in [3.05, 3.63) is 42.1 Å². The first-order valence-electron chi connectivity index (χ1n) is 7.75. The molecule has 0 unspecified atom stereocenters. The molecular formula is C19H18NO4+. The summed E-state index contributed by atoms with van der Waals surface area (Å²) in [4.78, 5) is 0. The minimum atomic E-state index is 0.129. The molecule has 24 heavy (non-hydrogen) atoms. The van der Waals surface area contributed by atoms with E-state index in [1.165, 1.54) is 7.11 Å². The van der Waals surface area contributed by atoms with Crippen molar-refractivity contribution in [2.45, 2.75) is 13.0 Å². The van der Waals surface area contributed by atoms with E-state index < -0.39 is 0 Å². The molecule has 1 aromatic heterocycles. The molecule has 0 bridgehead atoms. The van der Waals surface area contributed by atoms with Crippen molar-refractivity contribution in [3.8, 4) is 34.3 Å². The van der Waals surface area contributed by atoms with Crippen LogP contribution < -0.4 is 14.0 Å². The van der Waals surface area contributed by atoms with Crippen molar-refractivity contribution in [3.63, 3.8) is 0 Å². The number of aryl methyl sites for hydroxylation is 2. The maximum Gasteiger partial charge on any atom is 0.213 e. The largest absolute Gasteiger partial charge is 0.504 e. The van der Waals surface area contributed by atoms with Crippen LogP contribution in [0.25, 0.3) is 22.0 Å². The van der Waals surface area contributed by atoms with E-state index in [4.69, 9.17) is 9.47 Å². The van der Waals surface area contributed by atoms with Gasteiger partial charge < -0.3 is 19.7 Å². The Morgan fingerprint density at radius 3 is 2.33 bits per heavy atom. The first-order valence-corrected chi connectivity index (χ1v) is 7.75. The predicted octanol–water partition coefficient (Wildman–Crippen LogP) is 2.78. The van der Waals surface area contributed by atoms with Crippen molar-refractivity contribution in [2.75, 3.05) is 14.2 Å². The van der Waals surface area contributed by atoms with Gasteiger partial charge >= 0.3 is 0 Å². The monoisotopic (exact) mass is 324 g/mol. The number of ether oxygens (including phenoxy) is 2. The van der Waals surface area contributed by atoms with Crippen LogP contribution in [0, 0.1) is 0 Å². The molecule has 0 atom stereocenters. The standard InChI is InChI=1S/C19H17NO4/c1-23-18-7-11-3-4-20-10-13-6-16(21)19(24-2)8-12(13)5-15(20)14(11)9-17(18)22/h5-10H,3-4H2,1-2H3,(H-,21,22)/p+1. The van der Waals surface area contributed by atoms with E-state index in [0.717, 1.165) is 40.6 Å². The number of hydrogen-bond donors (Lipinski definition) is 2. The summed E-state index contributed by atoms with van der Waals surface area (Å²) in [6.07, 6.45) is 2.88. The molecule has 0 spiro atoms. The first kappa shape index (κ1) is 14.6. The van der Waals surface area contributed by atoms with Crippen LogP contribution in [-0.4, -0.2) is 24.4 Å². The Morgan fingerprint density at radius 1 is 0.875 bits per heavy atom. The minimum absolute atomic E-state index is 0.129. The van der Waals surface area contributed by atoms with Crippen molar-refractivity contribution < 1.29 is 24.3 Å². The molecule has 2 aromatic carbocycles. The van der Waals surface area contributed by atoms with E-state index in [1.807, 2.05) is 18.3 Å². The van der Waals surface area contributed by atoms with Gasteiger partial charge in [0, 0.05) is 17.9 Å². The average molecular weight is 324 g/mol. The predicted molar refractivity (Wildman–Crippen MR) is 89.7 cm³/mol. The summed E-state index contributed by atoms with van der Waals surface area (Å²) in [7, 11) is 3.09. The number of pyridine rings is 1. The number of rotatable bonds is 2. The van der Waals surface area contributed by atoms with Crippen molar-refractivity contribution in [2.24, 2.45) is 0 Å². The molecule has 5 heteroatoms. The zero-order chi connectivity index (χ0) is 16.8. The van der Waals surface area contributed by atoms with Gasteiger partial charge in [0.2, 0.25) is 5.69 Å². The number of aromatic nitrogens is 1. The molecule has 0 radical (unpaired) electrons. The zero-order valence-corrected chi connectivity index (χ0v) is 13.5. The molecule has 1 aliphatic rings. The Labute approximate surface area is 139 Å². The number of fused-ring (bicyclic) bond motifs is 4. The summed E-state index contributed by atoms with van der Waals surface area (Å²) in [6, 6.07) is 9.24. The highest BCUT2D eigenvalue weighted by Crippen LogP contribution is 2.38. The third-order valence-corrected chi connectivity index (χ3v) is 4.58. The van der Waals surface area contributed by atoms with E-state index in [9.17, 15) is 10.2 Å².